The van der Waals surface area contributed by atoms with Gasteiger partial charge in [0.15, 0.2) is 0 Å². The summed E-state index contributed by atoms with van der Waals surface area (Å²) in [6.07, 6.45) is 0. The summed E-state index contributed by atoms with van der Waals surface area (Å²) < 4.78 is 28.9. The molecule has 1 unspecified atom stereocenters. The molecule has 0 aliphatic heterocycles. The van der Waals surface area contributed by atoms with Gasteiger partial charge in [-0.05, 0) is 59.0 Å². The van der Waals surface area contributed by atoms with Crippen LogP contribution in [0.15, 0.2) is 36.4 Å². The van der Waals surface area contributed by atoms with E-state index < -0.39 is 17.7 Å². The van der Waals surface area contributed by atoms with E-state index in [0.29, 0.717) is 11.6 Å². The molecule has 2 aromatic rings. The molecule has 0 aliphatic carbocycles. The lowest BCUT2D eigenvalue weighted by molar-refractivity contribution is 0.510. The second-order valence-electron chi connectivity index (χ2n) is 4.30. The minimum absolute atomic E-state index is 0.0200. The van der Waals surface area contributed by atoms with Gasteiger partial charge < -0.3 is 5.32 Å². The number of halogens is 4. The molecule has 0 spiro atoms. The average Bonchev–Trinajstić information content (AvgIpc) is 2.41. The molecule has 106 valence electrons. The molecule has 5 heteroatoms. The summed E-state index contributed by atoms with van der Waals surface area (Å²) in [6.45, 7) is 2.47. The Morgan fingerprint density at radius 2 is 1.85 bits per heavy atom. The summed E-state index contributed by atoms with van der Waals surface area (Å²) in [5.41, 5.74) is 0.757. The van der Waals surface area contributed by atoms with Gasteiger partial charge in [-0.1, -0.05) is 30.7 Å². The highest BCUT2D eigenvalue weighted by molar-refractivity contribution is 14.1. The number of benzene rings is 2. The van der Waals surface area contributed by atoms with Gasteiger partial charge in [-0.2, -0.15) is 0 Å². The zero-order valence-corrected chi connectivity index (χ0v) is 13.7. The van der Waals surface area contributed by atoms with Crippen LogP contribution in [-0.2, 0) is 0 Å². The van der Waals surface area contributed by atoms with Crippen molar-refractivity contribution < 1.29 is 8.78 Å². The number of rotatable bonds is 4. The van der Waals surface area contributed by atoms with Crippen molar-refractivity contribution in [2.45, 2.75) is 13.0 Å². The summed E-state index contributed by atoms with van der Waals surface area (Å²) in [5, 5.41) is 3.67. The first-order valence-corrected chi connectivity index (χ1v) is 7.62. The van der Waals surface area contributed by atoms with Gasteiger partial charge in [0.1, 0.15) is 11.6 Å². The summed E-state index contributed by atoms with van der Waals surface area (Å²) in [6, 6.07) is 8.72. The predicted molar refractivity (Wildman–Crippen MR) is 86.0 cm³/mol. The standard InChI is InChI=1S/C15H13ClF2IN/c1-2-20-15(9-6-7-13(19)10(16)8-9)14-11(17)4-3-5-12(14)18/h3-8,15,20H,2H2,1H3. The average molecular weight is 408 g/mol. The first-order valence-electron chi connectivity index (χ1n) is 6.16. The number of hydrogen-bond acceptors (Lipinski definition) is 1. The molecular weight excluding hydrogens is 395 g/mol. The molecule has 2 rings (SSSR count). The van der Waals surface area contributed by atoms with E-state index in [9.17, 15) is 8.78 Å². The molecule has 20 heavy (non-hydrogen) atoms. The Bertz CT molecular complexity index is 599. The van der Waals surface area contributed by atoms with Crippen molar-refractivity contribution >= 4 is 34.2 Å². The molecule has 0 fully saturated rings. The van der Waals surface area contributed by atoms with E-state index in [4.69, 9.17) is 11.6 Å². The highest BCUT2D eigenvalue weighted by Crippen LogP contribution is 2.30. The zero-order chi connectivity index (χ0) is 14.7. The largest absolute Gasteiger partial charge is 0.306 e. The molecule has 0 aliphatic rings. The van der Waals surface area contributed by atoms with E-state index in [0.717, 1.165) is 9.13 Å². The van der Waals surface area contributed by atoms with E-state index in [2.05, 4.69) is 27.9 Å². The number of nitrogens with one attached hydrogen (secondary N) is 1. The quantitative estimate of drug-likeness (QED) is 0.709. The Balaban J connectivity index is 2.53. The van der Waals surface area contributed by atoms with Crippen molar-refractivity contribution in [1.29, 1.82) is 0 Å². The molecular formula is C15H13ClF2IN. The van der Waals surface area contributed by atoms with Gasteiger partial charge in [0, 0.05) is 9.13 Å². The van der Waals surface area contributed by atoms with E-state index in [1.54, 1.807) is 6.07 Å². The molecule has 0 amide bonds. The van der Waals surface area contributed by atoms with Crippen LogP contribution in [0.3, 0.4) is 0 Å². The smallest absolute Gasteiger partial charge is 0.131 e. The Labute approximate surface area is 135 Å². The van der Waals surface area contributed by atoms with Crippen molar-refractivity contribution in [3.8, 4) is 0 Å². The van der Waals surface area contributed by atoms with Crippen molar-refractivity contribution in [1.82, 2.24) is 5.32 Å². The van der Waals surface area contributed by atoms with Crippen molar-refractivity contribution in [2.75, 3.05) is 6.54 Å². The molecule has 2 aromatic carbocycles. The lowest BCUT2D eigenvalue weighted by Gasteiger charge is -2.20. The normalized spacial score (nSPS) is 12.4. The Morgan fingerprint density at radius 1 is 1.20 bits per heavy atom. The summed E-state index contributed by atoms with van der Waals surface area (Å²) in [5.74, 6) is -1.13. The van der Waals surface area contributed by atoms with E-state index >= 15 is 0 Å². The van der Waals surface area contributed by atoms with Gasteiger partial charge in [-0.3, -0.25) is 0 Å². The van der Waals surface area contributed by atoms with Crippen molar-refractivity contribution in [3.05, 3.63) is 67.8 Å². The van der Waals surface area contributed by atoms with Gasteiger partial charge in [0.25, 0.3) is 0 Å². The van der Waals surface area contributed by atoms with Gasteiger partial charge in [-0.25, -0.2) is 8.78 Å². The molecule has 1 N–H and O–H groups in total. The summed E-state index contributed by atoms with van der Waals surface area (Å²) in [4.78, 5) is 0. The molecule has 0 radical (unpaired) electrons. The third-order valence-electron chi connectivity index (χ3n) is 2.97. The zero-order valence-electron chi connectivity index (χ0n) is 10.8. The maximum atomic E-state index is 14.0. The Morgan fingerprint density at radius 3 is 2.40 bits per heavy atom. The minimum atomic E-state index is -0.564. The lowest BCUT2D eigenvalue weighted by atomic mass is 9.97. The SMILES string of the molecule is CCNC(c1ccc(I)c(Cl)c1)c1c(F)cccc1F. The fraction of sp³-hybridized carbons (Fsp3) is 0.200. The van der Waals surface area contributed by atoms with Gasteiger partial charge in [0.2, 0.25) is 0 Å². The Hall–Kier alpha value is -0.720. The second-order valence-corrected chi connectivity index (χ2v) is 5.87. The van der Waals surface area contributed by atoms with E-state index in [1.165, 1.54) is 18.2 Å². The van der Waals surface area contributed by atoms with Crippen molar-refractivity contribution in [3.63, 3.8) is 0 Å². The molecule has 0 bridgehead atoms. The molecule has 0 aromatic heterocycles. The van der Waals surface area contributed by atoms with Crippen LogP contribution >= 0.6 is 34.2 Å². The molecule has 0 saturated heterocycles. The first-order chi connectivity index (χ1) is 9.54. The van der Waals surface area contributed by atoms with Crippen LogP contribution in [0.5, 0.6) is 0 Å². The molecule has 1 atom stereocenters. The highest BCUT2D eigenvalue weighted by atomic mass is 127. The maximum Gasteiger partial charge on any atom is 0.131 e. The minimum Gasteiger partial charge on any atom is -0.306 e. The van der Waals surface area contributed by atoms with Gasteiger partial charge in [-0.15, -0.1) is 0 Å². The fourth-order valence-corrected chi connectivity index (χ4v) is 2.59. The van der Waals surface area contributed by atoms with Crippen LogP contribution in [0.25, 0.3) is 0 Å². The van der Waals surface area contributed by atoms with Gasteiger partial charge >= 0.3 is 0 Å². The van der Waals surface area contributed by atoms with Crippen LogP contribution in [0.2, 0.25) is 5.02 Å². The van der Waals surface area contributed by atoms with Crippen LogP contribution in [0, 0.1) is 15.2 Å². The van der Waals surface area contributed by atoms with E-state index in [-0.39, 0.29) is 5.56 Å². The summed E-state index contributed by atoms with van der Waals surface area (Å²) in [7, 11) is 0. The van der Waals surface area contributed by atoms with Crippen LogP contribution in [0.4, 0.5) is 8.78 Å². The van der Waals surface area contributed by atoms with Crippen LogP contribution < -0.4 is 5.32 Å². The van der Waals surface area contributed by atoms with Crippen LogP contribution in [0.1, 0.15) is 24.1 Å². The predicted octanol–water partition coefficient (Wildman–Crippen LogP) is 4.92. The Kier molecular flexibility index (Phi) is 5.35. The first kappa shape index (κ1) is 15.7. The second kappa shape index (κ2) is 6.83. The number of hydrogen-bond donors (Lipinski definition) is 1. The third-order valence-corrected chi connectivity index (χ3v) is 4.55. The van der Waals surface area contributed by atoms with Crippen LogP contribution in [-0.4, -0.2) is 6.54 Å². The molecule has 0 heterocycles. The van der Waals surface area contributed by atoms with Gasteiger partial charge in [0.05, 0.1) is 11.1 Å². The molecule has 0 saturated carbocycles. The maximum absolute atomic E-state index is 14.0. The third kappa shape index (κ3) is 3.30. The van der Waals surface area contributed by atoms with Crippen molar-refractivity contribution in [2.24, 2.45) is 0 Å². The molecule has 1 nitrogen and oxygen atoms in total. The lowest BCUT2D eigenvalue weighted by Crippen LogP contribution is -2.24. The summed E-state index contributed by atoms with van der Waals surface area (Å²) >= 11 is 8.22. The monoisotopic (exact) mass is 407 g/mol. The van der Waals surface area contributed by atoms with E-state index in [1.807, 2.05) is 19.1 Å². The fourth-order valence-electron chi connectivity index (χ4n) is 2.07. The topological polar surface area (TPSA) is 12.0 Å². The highest BCUT2D eigenvalue weighted by Gasteiger charge is 2.21.